The highest BCUT2D eigenvalue weighted by molar-refractivity contribution is 5.79. The van der Waals surface area contributed by atoms with Crippen LogP contribution in [0, 0.1) is 0 Å². The Balaban J connectivity index is 2.03. The first kappa shape index (κ1) is 13.6. The fraction of sp³-hybridized carbons (Fsp3) is 0.500. The molecule has 106 valence electrons. The van der Waals surface area contributed by atoms with E-state index in [4.69, 9.17) is 0 Å². The van der Waals surface area contributed by atoms with Gasteiger partial charge in [-0.2, -0.15) is 0 Å². The quantitative estimate of drug-likeness (QED) is 0.892. The monoisotopic (exact) mass is 268 g/mol. The Bertz CT molecular complexity index is 568. The fourth-order valence-electron chi connectivity index (χ4n) is 3.54. The summed E-state index contributed by atoms with van der Waals surface area (Å²) in [6.45, 7) is 3.42. The molecule has 2 heterocycles. The molecule has 1 aromatic heterocycles. The van der Waals surface area contributed by atoms with Crippen molar-refractivity contribution in [2.45, 2.75) is 51.0 Å². The second-order valence-electron chi connectivity index (χ2n) is 5.98. The number of aromatic nitrogens is 1. The average Bonchev–Trinajstić information content (AvgIpc) is 2.74. The van der Waals surface area contributed by atoms with E-state index in [2.05, 4.69) is 41.5 Å². The molecule has 0 bridgehead atoms. The number of benzene rings is 1. The van der Waals surface area contributed by atoms with E-state index in [1.165, 1.54) is 49.5 Å². The Labute approximate surface area is 121 Å². The Morgan fingerprint density at radius 1 is 1.20 bits per heavy atom. The Morgan fingerprint density at radius 2 is 2.15 bits per heavy atom. The maximum atomic E-state index is 4.52. The van der Waals surface area contributed by atoms with Crippen LogP contribution in [0.25, 0.3) is 10.9 Å². The molecule has 1 saturated heterocycles. The van der Waals surface area contributed by atoms with Gasteiger partial charge in [0.1, 0.15) is 0 Å². The minimum atomic E-state index is 0.164. The number of hydrogen-bond acceptors (Lipinski definition) is 2. The van der Waals surface area contributed by atoms with E-state index < -0.39 is 0 Å². The molecular weight excluding hydrogens is 244 g/mol. The molecule has 20 heavy (non-hydrogen) atoms. The second kappa shape index (κ2) is 5.92. The van der Waals surface area contributed by atoms with Crippen LogP contribution in [0.2, 0.25) is 0 Å². The van der Waals surface area contributed by atoms with Gasteiger partial charge in [-0.25, -0.2) is 0 Å². The van der Waals surface area contributed by atoms with Crippen LogP contribution in [-0.2, 0) is 5.54 Å². The second-order valence-corrected chi connectivity index (χ2v) is 5.98. The lowest BCUT2D eigenvalue weighted by molar-refractivity contribution is 0.297. The normalized spacial score (nSPS) is 23.6. The van der Waals surface area contributed by atoms with E-state index in [0.717, 1.165) is 12.1 Å². The maximum absolute atomic E-state index is 4.52. The number of hydrogen-bond donors (Lipinski definition) is 1. The van der Waals surface area contributed by atoms with Crippen molar-refractivity contribution in [3.63, 3.8) is 0 Å². The minimum Gasteiger partial charge on any atom is -0.307 e. The Morgan fingerprint density at radius 3 is 3.05 bits per heavy atom. The summed E-state index contributed by atoms with van der Waals surface area (Å²) >= 11 is 0. The third kappa shape index (κ3) is 2.57. The molecule has 0 spiro atoms. The van der Waals surface area contributed by atoms with Crippen molar-refractivity contribution in [2.24, 2.45) is 0 Å². The van der Waals surface area contributed by atoms with E-state index in [1.807, 2.05) is 12.3 Å². The first-order chi connectivity index (χ1) is 9.84. The molecule has 3 rings (SSSR count). The molecule has 2 nitrogen and oxygen atoms in total. The van der Waals surface area contributed by atoms with E-state index in [9.17, 15) is 0 Å². The van der Waals surface area contributed by atoms with Gasteiger partial charge in [0.15, 0.2) is 0 Å². The standard InChI is InChI=1S/C18H24N2/c1-2-10-18(11-4-3-5-13-20-18)16-9-8-15-7-6-12-19-17(15)14-16/h6-9,12,14,20H,2-5,10-11,13H2,1H3. The molecule has 2 heteroatoms. The predicted molar refractivity (Wildman–Crippen MR) is 84.8 cm³/mol. The lowest BCUT2D eigenvalue weighted by atomic mass is 9.81. The maximum Gasteiger partial charge on any atom is 0.0705 e. The van der Waals surface area contributed by atoms with Gasteiger partial charge in [-0.15, -0.1) is 0 Å². The highest BCUT2D eigenvalue weighted by atomic mass is 15.0. The van der Waals surface area contributed by atoms with Crippen molar-refractivity contribution < 1.29 is 0 Å². The van der Waals surface area contributed by atoms with Crippen LogP contribution in [0.3, 0.4) is 0 Å². The molecule has 1 aliphatic rings. The van der Waals surface area contributed by atoms with Crippen molar-refractivity contribution in [1.82, 2.24) is 10.3 Å². The van der Waals surface area contributed by atoms with Crippen LogP contribution in [-0.4, -0.2) is 11.5 Å². The molecule has 0 radical (unpaired) electrons. The van der Waals surface area contributed by atoms with Crippen molar-refractivity contribution in [1.29, 1.82) is 0 Å². The van der Waals surface area contributed by atoms with E-state index in [1.54, 1.807) is 0 Å². The fourth-order valence-corrected chi connectivity index (χ4v) is 3.54. The molecule has 1 aromatic carbocycles. The lowest BCUT2D eigenvalue weighted by Gasteiger charge is -2.34. The molecule has 1 aliphatic heterocycles. The molecule has 0 aliphatic carbocycles. The van der Waals surface area contributed by atoms with Crippen LogP contribution in [0.5, 0.6) is 0 Å². The summed E-state index contributed by atoms with van der Waals surface area (Å²) in [5, 5.41) is 5.08. The van der Waals surface area contributed by atoms with Gasteiger partial charge in [-0.3, -0.25) is 4.98 Å². The van der Waals surface area contributed by atoms with Crippen LogP contribution in [0.1, 0.15) is 51.0 Å². The first-order valence-corrected chi connectivity index (χ1v) is 7.94. The molecular formula is C18H24N2. The topological polar surface area (TPSA) is 24.9 Å². The number of rotatable bonds is 3. The van der Waals surface area contributed by atoms with Crippen LogP contribution < -0.4 is 5.32 Å². The van der Waals surface area contributed by atoms with Crippen LogP contribution in [0.15, 0.2) is 36.5 Å². The van der Waals surface area contributed by atoms with Crippen LogP contribution >= 0.6 is 0 Å². The summed E-state index contributed by atoms with van der Waals surface area (Å²) in [6.07, 6.45) is 9.55. The number of nitrogens with zero attached hydrogens (tertiary/aromatic N) is 1. The summed E-state index contributed by atoms with van der Waals surface area (Å²) in [4.78, 5) is 4.52. The molecule has 0 amide bonds. The van der Waals surface area contributed by atoms with E-state index in [-0.39, 0.29) is 5.54 Å². The van der Waals surface area contributed by atoms with Crippen molar-refractivity contribution in [2.75, 3.05) is 6.54 Å². The van der Waals surface area contributed by atoms with E-state index >= 15 is 0 Å². The molecule has 1 fully saturated rings. The number of nitrogens with one attached hydrogen (secondary N) is 1. The third-order valence-corrected chi connectivity index (χ3v) is 4.58. The number of pyridine rings is 1. The van der Waals surface area contributed by atoms with Gasteiger partial charge in [-0.1, -0.05) is 44.4 Å². The number of fused-ring (bicyclic) bond motifs is 1. The van der Waals surface area contributed by atoms with Gasteiger partial charge in [0, 0.05) is 17.1 Å². The zero-order valence-electron chi connectivity index (χ0n) is 12.4. The molecule has 1 unspecified atom stereocenters. The van der Waals surface area contributed by atoms with Crippen molar-refractivity contribution in [3.05, 3.63) is 42.1 Å². The smallest absolute Gasteiger partial charge is 0.0705 e. The summed E-state index contributed by atoms with van der Waals surface area (Å²) in [5.74, 6) is 0. The zero-order valence-corrected chi connectivity index (χ0v) is 12.4. The van der Waals surface area contributed by atoms with Crippen LogP contribution in [0.4, 0.5) is 0 Å². The van der Waals surface area contributed by atoms with Gasteiger partial charge in [0.2, 0.25) is 0 Å². The predicted octanol–water partition coefficient (Wildman–Crippen LogP) is 4.39. The van der Waals surface area contributed by atoms with Gasteiger partial charge >= 0.3 is 0 Å². The average molecular weight is 268 g/mol. The van der Waals surface area contributed by atoms with Gasteiger partial charge in [-0.05, 0) is 43.5 Å². The largest absolute Gasteiger partial charge is 0.307 e. The Hall–Kier alpha value is -1.41. The van der Waals surface area contributed by atoms with E-state index in [0.29, 0.717) is 0 Å². The SMILES string of the molecule is CCCC1(c2ccc3cccnc3c2)CCCCCN1. The highest BCUT2D eigenvalue weighted by Crippen LogP contribution is 2.35. The lowest BCUT2D eigenvalue weighted by Crippen LogP contribution is -2.41. The van der Waals surface area contributed by atoms with Crippen molar-refractivity contribution in [3.8, 4) is 0 Å². The third-order valence-electron chi connectivity index (χ3n) is 4.58. The Kier molecular flexibility index (Phi) is 4.02. The van der Waals surface area contributed by atoms with Crippen molar-refractivity contribution >= 4 is 10.9 Å². The summed E-state index contributed by atoms with van der Waals surface area (Å²) in [5.41, 5.74) is 2.70. The highest BCUT2D eigenvalue weighted by Gasteiger charge is 2.31. The van der Waals surface area contributed by atoms with Gasteiger partial charge in [0.25, 0.3) is 0 Å². The van der Waals surface area contributed by atoms with Gasteiger partial charge < -0.3 is 5.32 Å². The summed E-state index contributed by atoms with van der Waals surface area (Å²) in [6, 6.07) is 11.0. The molecule has 1 N–H and O–H groups in total. The molecule has 1 atom stereocenters. The summed E-state index contributed by atoms with van der Waals surface area (Å²) < 4.78 is 0. The zero-order chi connectivity index (χ0) is 13.8. The molecule has 2 aromatic rings. The first-order valence-electron chi connectivity index (χ1n) is 7.94. The van der Waals surface area contributed by atoms with Gasteiger partial charge in [0.05, 0.1) is 5.52 Å². The minimum absolute atomic E-state index is 0.164. The molecule has 0 saturated carbocycles. The summed E-state index contributed by atoms with van der Waals surface area (Å²) in [7, 11) is 0.